The van der Waals surface area contributed by atoms with Crippen LogP contribution in [0, 0.1) is 0 Å². The summed E-state index contributed by atoms with van der Waals surface area (Å²) in [5, 5.41) is 5.17. The maximum Gasteiger partial charge on any atom is 0.231 e. The highest BCUT2D eigenvalue weighted by Crippen LogP contribution is 2.11. The summed E-state index contributed by atoms with van der Waals surface area (Å²) in [7, 11) is 0. The summed E-state index contributed by atoms with van der Waals surface area (Å²) in [5.74, 6) is -0.0517. The van der Waals surface area contributed by atoms with Crippen LogP contribution in [0.5, 0.6) is 0 Å². The van der Waals surface area contributed by atoms with Crippen molar-refractivity contribution in [2.75, 3.05) is 5.32 Å². The van der Waals surface area contributed by atoms with Crippen molar-refractivity contribution in [1.82, 2.24) is 9.36 Å². The summed E-state index contributed by atoms with van der Waals surface area (Å²) in [5.41, 5.74) is 0. The molecule has 2 heterocycles. The van der Waals surface area contributed by atoms with Crippen LogP contribution in [0.25, 0.3) is 0 Å². The molecular formula is C8H7N3OS2. The number of amides is 1. The van der Waals surface area contributed by atoms with E-state index in [0.29, 0.717) is 11.6 Å². The number of thiophene rings is 1. The minimum Gasteiger partial charge on any atom is -0.300 e. The van der Waals surface area contributed by atoms with Crippen molar-refractivity contribution in [2.45, 2.75) is 6.42 Å². The number of carbonyl (C=O) groups is 1. The smallest absolute Gasteiger partial charge is 0.231 e. The highest BCUT2D eigenvalue weighted by Gasteiger charge is 2.05. The topological polar surface area (TPSA) is 54.9 Å². The zero-order valence-corrected chi connectivity index (χ0v) is 8.77. The second kappa shape index (κ2) is 4.30. The van der Waals surface area contributed by atoms with Crippen LogP contribution < -0.4 is 5.32 Å². The van der Waals surface area contributed by atoms with Gasteiger partial charge < -0.3 is 5.32 Å². The van der Waals surface area contributed by atoms with Crippen LogP contribution in [0.1, 0.15) is 4.88 Å². The van der Waals surface area contributed by atoms with E-state index >= 15 is 0 Å². The molecule has 0 radical (unpaired) electrons. The van der Waals surface area contributed by atoms with Crippen molar-refractivity contribution >= 4 is 33.9 Å². The lowest BCUT2D eigenvalue weighted by Crippen LogP contribution is -2.13. The Hall–Kier alpha value is -1.27. The summed E-state index contributed by atoms with van der Waals surface area (Å²) in [4.78, 5) is 16.3. The van der Waals surface area contributed by atoms with E-state index in [-0.39, 0.29) is 5.91 Å². The molecule has 0 saturated carbocycles. The Bertz CT molecular complexity index is 358. The van der Waals surface area contributed by atoms with E-state index in [1.54, 1.807) is 11.3 Å². The van der Waals surface area contributed by atoms with Crippen molar-refractivity contribution in [1.29, 1.82) is 0 Å². The third-order valence-electron chi connectivity index (χ3n) is 1.52. The summed E-state index contributed by atoms with van der Waals surface area (Å²) in [6.07, 6.45) is 1.82. The lowest BCUT2D eigenvalue weighted by atomic mass is 10.3. The minimum absolute atomic E-state index is 0.0517. The molecule has 6 heteroatoms. The molecule has 2 aromatic rings. The van der Waals surface area contributed by atoms with Gasteiger partial charge in [-0.05, 0) is 11.4 Å². The third-order valence-corrected chi connectivity index (χ3v) is 2.98. The average Bonchev–Trinajstić information content (AvgIpc) is 2.76. The Labute approximate surface area is 88.8 Å². The number of hydrogen-bond donors (Lipinski definition) is 1. The van der Waals surface area contributed by atoms with Gasteiger partial charge in [0.25, 0.3) is 0 Å². The molecule has 0 unspecified atom stereocenters. The highest BCUT2D eigenvalue weighted by molar-refractivity contribution is 7.10. The quantitative estimate of drug-likeness (QED) is 0.866. The Morgan fingerprint density at radius 2 is 2.50 bits per heavy atom. The monoisotopic (exact) mass is 225 g/mol. The molecule has 0 aliphatic rings. The lowest BCUT2D eigenvalue weighted by Gasteiger charge is -1.97. The SMILES string of the molecule is O=C(Cc1cccs1)Nc1ncns1. The number of aromatic nitrogens is 2. The van der Waals surface area contributed by atoms with Crippen LogP contribution in [-0.4, -0.2) is 15.3 Å². The van der Waals surface area contributed by atoms with Crippen LogP contribution in [-0.2, 0) is 11.2 Å². The summed E-state index contributed by atoms with van der Waals surface area (Å²) in [6.45, 7) is 0. The molecule has 0 aliphatic heterocycles. The molecule has 0 saturated heterocycles. The number of carbonyl (C=O) groups excluding carboxylic acids is 1. The number of nitrogens with one attached hydrogen (secondary N) is 1. The fraction of sp³-hybridized carbons (Fsp3) is 0.125. The molecule has 2 rings (SSSR count). The van der Waals surface area contributed by atoms with Gasteiger partial charge in [-0.25, -0.2) is 4.98 Å². The van der Waals surface area contributed by atoms with E-state index < -0.39 is 0 Å². The van der Waals surface area contributed by atoms with Gasteiger partial charge in [0.05, 0.1) is 6.42 Å². The van der Waals surface area contributed by atoms with E-state index in [1.165, 1.54) is 17.9 Å². The van der Waals surface area contributed by atoms with E-state index in [0.717, 1.165) is 4.88 Å². The van der Waals surface area contributed by atoms with Gasteiger partial charge in [-0.3, -0.25) is 4.79 Å². The van der Waals surface area contributed by atoms with E-state index in [4.69, 9.17) is 0 Å². The van der Waals surface area contributed by atoms with E-state index in [2.05, 4.69) is 14.7 Å². The molecular weight excluding hydrogens is 218 g/mol. The van der Waals surface area contributed by atoms with Crippen LogP contribution >= 0.6 is 22.9 Å². The molecule has 14 heavy (non-hydrogen) atoms. The van der Waals surface area contributed by atoms with Gasteiger partial charge in [-0.1, -0.05) is 6.07 Å². The maximum atomic E-state index is 11.4. The molecule has 0 aromatic carbocycles. The van der Waals surface area contributed by atoms with Gasteiger partial charge in [-0.2, -0.15) is 4.37 Å². The molecule has 0 aliphatic carbocycles. The normalized spacial score (nSPS) is 10.0. The van der Waals surface area contributed by atoms with Crippen LogP contribution in [0.3, 0.4) is 0 Å². The molecule has 4 nitrogen and oxygen atoms in total. The molecule has 0 fully saturated rings. The first-order chi connectivity index (χ1) is 6.84. The predicted octanol–water partition coefficient (Wildman–Crippen LogP) is 1.78. The Kier molecular flexibility index (Phi) is 2.85. The molecule has 2 aromatic heterocycles. The van der Waals surface area contributed by atoms with Gasteiger partial charge in [-0.15, -0.1) is 11.3 Å². The Balaban J connectivity index is 1.91. The maximum absolute atomic E-state index is 11.4. The highest BCUT2D eigenvalue weighted by atomic mass is 32.1. The molecule has 0 spiro atoms. The fourth-order valence-corrected chi connectivity index (χ4v) is 2.11. The summed E-state index contributed by atoms with van der Waals surface area (Å²) >= 11 is 2.74. The Morgan fingerprint density at radius 1 is 1.57 bits per heavy atom. The van der Waals surface area contributed by atoms with Crippen molar-refractivity contribution < 1.29 is 4.79 Å². The molecule has 0 atom stereocenters. The summed E-state index contributed by atoms with van der Waals surface area (Å²) in [6, 6.07) is 3.86. The van der Waals surface area contributed by atoms with E-state index in [9.17, 15) is 4.79 Å². The second-order valence-electron chi connectivity index (χ2n) is 2.55. The predicted molar refractivity (Wildman–Crippen MR) is 56.6 cm³/mol. The zero-order chi connectivity index (χ0) is 9.80. The number of hydrogen-bond acceptors (Lipinski definition) is 5. The Morgan fingerprint density at radius 3 is 3.14 bits per heavy atom. The first-order valence-electron chi connectivity index (χ1n) is 3.93. The van der Waals surface area contributed by atoms with Crippen LogP contribution in [0.15, 0.2) is 23.8 Å². The molecule has 0 bridgehead atoms. The average molecular weight is 225 g/mol. The van der Waals surface area contributed by atoms with Crippen LogP contribution in [0.4, 0.5) is 5.13 Å². The van der Waals surface area contributed by atoms with Crippen molar-refractivity contribution in [3.05, 3.63) is 28.7 Å². The van der Waals surface area contributed by atoms with Gasteiger partial charge in [0.2, 0.25) is 11.0 Å². The van der Waals surface area contributed by atoms with Crippen molar-refractivity contribution in [3.8, 4) is 0 Å². The molecule has 72 valence electrons. The van der Waals surface area contributed by atoms with Gasteiger partial charge >= 0.3 is 0 Å². The van der Waals surface area contributed by atoms with Crippen LogP contribution in [0.2, 0.25) is 0 Å². The summed E-state index contributed by atoms with van der Waals surface area (Å²) < 4.78 is 3.79. The van der Waals surface area contributed by atoms with Crippen molar-refractivity contribution in [2.24, 2.45) is 0 Å². The van der Waals surface area contributed by atoms with Crippen molar-refractivity contribution in [3.63, 3.8) is 0 Å². The first kappa shape index (κ1) is 9.29. The van der Waals surface area contributed by atoms with E-state index in [1.807, 2.05) is 17.5 Å². The molecule has 1 N–H and O–H groups in total. The fourth-order valence-electron chi connectivity index (χ4n) is 0.963. The minimum atomic E-state index is -0.0517. The third kappa shape index (κ3) is 2.36. The number of anilines is 1. The lowest BCUT2D eigenvalue weighted by molar-refractivity contribution is -0.115. The molecule has 1 amide bonds. The van der Waals surface area contributed by atoms with Gasteiger partial charge in [0, 0.05) is 16.4 Å². The van der Waals surface area contributed by atoms with Gasteiger partial charge in [0.15, 0.2) is 0 Å². The number of nitrogens with zero attached hydrogens (tertiary/aromatic N) is 2. The first-order valence-corrected chi connectivity index (χ1v) is 5.59. The largest absolute Gasteiger partial charge is 0.300 e. The van der Waals surface area contributed by atoms with Gasteiger partial charge in [0.1, 0.15) is 6.33 Å². The number of rotatable bonds is 3. The standard InChI is InChI=1S/C8H7N3OS2/c12-7(4-6-2-1-3-13-6)11-8-9-5-10-14-8/h1-3,5H,4H2,(H,9,10,11,12). The second-order valence-corrected chi connectivity index (χ2v) is 4.36. The zero-order valence-electron chi connectivity index (χ0n) is 7.14.